The quantitative estimate of drug-likeness (QED) is 0.201. The maximum absolute atomic E-state index is 12.3. The van der Waals surface area contributed by atoms with E-state index in [1.807, 2.05) is 24.3 Å². The molecule has 0 aliphatic rings. The predicted octanol–water partition coefficient (Wildman–Crippen LogP) is 4.24. The smallest absolute Gasteiger partial charge is 0.338 e. The normalized spacial score (nSPS) is 10.6. The largest absolute Gasteiger partial charge is 0.454 e. The summed E-state index contributed by atoms with van der Waals surface area (Å²) in [5.41, 5.74) is 3.17. The molecule has 4 aromatic rings. The topological polar surface area (TPSA) is 112 Å². The molecule has 8 heteroatoms. The van der Waals surface area contributed by atoms with E-state index in [2.05, 4.69) is 9.97 Å². The third kappa shape index (κ3) is 4.43. The summed E-state index contributed by atoms with van der Waals surface area (Å²) in [6.07, 6.45) is 1.66. The molecule has 0 amide bonds. The van der Waals surface area contributed by atoms with Gasteiger partial charge >= 0.3 is 5.97 Å². The molecule has 152 valence electrons. The number of benzene rings is 3. The SMILES string of the molecule is O=C(COC(=O)c1ccc(-c2cnc3ccccc3n2)cc1)c1cccc([N+](=O)[O-])c1. The van der Waals surface area contributed by atoms with E-state index in [-0.39, 0.29) is 16.8 Å². The van der Waals surface area contributed by atoms with Gasteiger partial charge in [-0.05, 0) is 24.3 Å². The number of rotatable bonds is 6. The van der Waals surface area contributed by atoms with Crippen LogP contribution in [-0.4, -0.2) is 33.3 Å². The number of non-ortho nitro benzene ring substituents is 1. The van der Waals surface area contributed by atoms with Gasteiger partial charge in [0.25, 0.3) is 5.69 Å². The number of carbonyl (C=O) groups excluding carboxylic acids is 2. The molecule has 1 aromatic heterocycles. The van der Waals surface area contributed by atoms with E-state index in [1.54, 1.807) is 30.5 Å². The first-order valence-electron chi connectivity index (χ1n) is 9.28. The summed E-state index contributed by atoms with van der Waals surface area (Å²) >= 11 is 0. The maximum atomic E-state index is 12.3. The third-order valence-corrected chi connectivity index (χ3v) is 4.58. The first kappa shape index (κ1) is 19.8. The Bertz CT molecular complexity index is 1300. The van der Waals surface area contributed by atoms with Gasteiger partial charge in [-0.25, -0.2) is 9.78 Å². The molecule has 0 unspecified atom stereocenters. The molecule has 0 aliphatic heterocycles. The highest BCUT2D eigenvalue weighted by molar-refractivity contribution is 5.99. The van der Waals surface area contributed by atoms with E-state index in [4.69, 9.17) is 4.74 Å². The van der Waals surface area contributed by atoms with Gasteiger partial charge in [0, 0.05) is 23.3 Å². The highest BCUT2D eigenvalue weighted by atomic mass is 16.6. The molecule has 4 rings (SSSR count). The fourth-order valence-corrected chi connectivity index (χ4v) is 2.96. The van der Waals surface area contributed by atoms with Gasteiger partial charge in [-0.1, -0.05) is 36.4 Å². The van der Waals surface area contributed by atoms with Gasteiger partial charge < -0.3 is 4.74 Å². The minimum absolute atomic E-state index is 0.104. The van der Waals surface area contributed by atoms with Crippen molar-refractivity contribution >= 4 is 28.5 Å². The second-order valence-electron chi connectivity index (χ2n) is 6.63. The summed E-state index contributed by atoms with van der Waals surface area (Å²) in [6.45, 7) is -0.516. The van der Waals surface area contributed by atoms with Crippen molar-refractivity contribution in [2.24, 2.45) is 0 Å². The third-order valence-electron chi connectivity index (χ3n) is 4.58. The van der Waals surface area contributed by atoms with Crippen LogP contribution >= 0.6 is 0 Å². The Kier molecular flexibility index (Phi) is 5.44. The highest BCUT2D eigenvalue weighted by Gasteiger charge is 2.15. The van der Waals surface area contributed by atoms with E-state index in [0.717, 1.165) is 22.7 Å². The Labute approximate surface area is 176 Å². The van der Waals surface area contributed by atoms with Crippen LogP contribution in [0.4, 0.5) is 5.69 Å². The van der Waals surface area contributed by atoms with Gasteiger partial charge in [-0.3, -0.25) is 19.9 Å². The number of ketones is 1. The second kappa shape index (κ2) is 8.50. The molecule has 0 aliphatic carbocycles. The molecule has 0 spiro atoms. The maximum Gasteiger partial charge on any atom is 0.338 e. The fraction of sp³-hybridized carbons (Fsp3) is 0.0435. The zero-order valence-corrected chi connectivity index (χ0v) is 16.1. The van der Waals surface area contributed by atoms with Gasteiger partial charge in [0.2, 0.25) is 5.78 Å². The number of para-hydroxylation sites is 2. The Balaban J connectivity index is 1.42. The predicted molar refractivity (Wildman–Crippen MR) is 113 cm³/mol. The van der Waals surface area contributed by atoms with Crippen LogP contribution < -0.4 is 0 Å². The number of hydrogen-bond acceptors (Lipinski definition) is 7. The Morgan fingerprint density at radius 2 is 1.65 bits per heavy atom. The lowest BCUT2D eigenvalue weighted by atomic mass is 10.1. The molecule has 31 heavy (non-hydrogen) atoms. The number of nitro groups is 1. The molecule has 0 N–H and O–H groups in total. The average Bonchev–Trinajstić information content (AvgIpc) is 2.82. The molecular weight excluding hydrogens is 398 g/mol. The number of nitrogens with zero attached hydrogens (tertiary/aromatic N) is 3. The van der Waals surface area contributed by atoms with E-state index < -0.39 is 23.3 Å². The van der Waals surface area contributed by atoms with Crippen LogP contribution in [0.3, 0.4) is 0 Å². The van der Waals surface area contributed by atoms with Gasteiger partial charge in [0.1, 0.15) is 0 Å². The van der Waals surface area contributed by atoms with E-state index in [9.17, 15) is 19.7 Å². The number of aromatic nitrogens is 2. The molecule has 0 bridgehead atoms. The Morgan fingerprint density at radius 1 is 0.903 bits per heavy atom. The van der Waals surface area contributed by atoms with Crippen LogP contribution in [0.2, 0.25) is 0 Å². The molecule has 0 saturated carbocycles. The minimum atomic E-state index is -0.671. The van der Waals surface area contributed by atoms with Gasteiger partial charge in [-0.2, -0.15) is 0 Å². The lowest BCUT2D eigenvalue weighted by Crippen LogP contribution is -2.14. The van der Waals surface area contributed by atoms with Crippen molar-refractivity contribution < 1.29 is 19.2 Å². The lowest BCUT2D eigenvalue weighted by molar-refractivity contribution is -0.384. The van der Waals surface area contributed by atoms with Crippen LogP contribution in [0.1, 0.15) is 20.7 Å². The molecular formula is C23H15N3O5. The number of esters is 1. The second-order valence-corrected chi connectivity index (χ2v) is 6.63. The van der Waals surface area contributed by atoms with Crippen molar-refractivity contribution in [2.75, 3.05) is 6.61 Å². The van der Waals surface area contributed by atoms with Gasteiger partial charge in [0.05, 0.1) is 33.4 Å². The number of carbonyl (C=O) groups is 2. The number of nitro benzene ring substituents is 1. The molecule has 0 saturated heterocycles. The molecule has 3 aromatic carbocycles. The minimum Gasteiger partial charge on any atom is -0.454 e. The standard InChI is InChI=1S/C23H15N3O5/c27-22(17-4-3-5-18(12-17)26(29)30)14-31-23(28)16-10-8-15(9-11-16)21-13-24-19-6-1-2-7-20(19)25-21/h1-13H,14H2. The van der Waals surface area contributed by atoms with E-state index >= 15 is 0 Å². The molecule has 1 heterocycles. The van der Waals surface area contributed by atoms with Crippen LogP contribution in [0.15, 0.2) is 79.0 Å². The lowest BCUT2D eigenvalue weighted by Gasteiger charge is -2.06. The van der Waals surface area contributed by atoms with Crippen molar-refractivity contribution in [1.82, 2.24) is 9.97 Å². The molecule has 0 atom stereocenters. The monoisotopic (exact) mass is 413 g/mol. The zero-order chi connectivity index (χ0) is 21.8. The van der Waals surface area contributed by atoms with Gasteiger partial charge in [-0.15, -0.1) is 0 Å². The van der Waals surface area contributed by atoms with Crippen molar-refractivity contribution in [3.63, 3.8) is 0 Å². The van der Waals surface area contributed by atoms with E-state index in [1.165, 1.54) is 18.2 Å². The summed E-state index contributed by atoms with van der Waals surface area (Å²) in [4.78, 5) is 43.6. The molecule has 8 nitrogen and oxygen atoms in total. The summed E-state index contributed by atoms with van der Waals surface area (Å²) in [7, 11) is 0. The molecule has 0 fully saturated rings. The van der Waals surface area contributed by atoms with Crippen LogP contribution in [-0.2, 0) is 4.74 Å². The number of hydrogen-bond donors (Lipinski definition) is 0. The van der Waals surface area contributed by atoms with Crippen molar-refractivity contribution in [3.8, 4) is 11.3 Å². The highest BCUT2D eigenvalue weighted by Crippen LogP contribution is 2.20. The average molecular weight is 413 g/mol. The van der Waals surface area contributed by atoms with Crippen molar-refractivity contribution in [2.45, 2.75) is 0 Å². The summed E-state index contributed by atoms with van der Waals surface area (Å²) in [6, 6.07) is 19.4. The summed E-state index contributed by atoms with van der Waals surface area (Å²) in [5, 5.41) is 10.8. The van der Waals surface area contributed by atoms with Crippen LogP contribution in [0.25, 0.3) is 22.3 Å². The van der Waals surface area contributed by atoms with Crippen LogP contribution in [0, 0.1) is 10.1 Å². The number of ether oxygens (including phenoxy) is 1. The Hall–Kier alpha value is -4.46. The van der Waals surface area contributed by atoms with Crippen molar-refractivity contribution in [1.29, 1.82) is 0 Å². The summed E-state index contributed by atoms with van der Waals surface area (Å²) in [5.74, 6) is -1.20. The Morgan fingerprint density at radius 3 is 2.39 bits per heavy atom. The van der Waals surface area contributed by atoms with E-state index in [0.29, 0.717) is 5.69 Å². The number of Topliss-reactive ketones (excluding diaryl/α,β-unsaturated/α-hetero) is 1. The first-order valence-corrected chi connectivity index (χ1v) is 9.28. The zero-order valence-electron chi connectivity index (χ0n) is 16.1. The van der Waals surface area contributed by atoms with Crippen LogP contribution in [0.5, 0.6) is 0 Å². The first-order chi connectivity index (χ1) is 15.0. The number of fused-ring (bicyclic) bond motifs is 1. The molecule has 0 radical (unpaired) electrons. The van der Waals surface area contributed by atoms with Crippen molar-refractivity contribution in [3.05, 3.63) is 100 Å². The van der Waals surface area contributed by atoms with Gasteiger partial charge in [0.15, 0.2) is 6.61 Å². The summed E-state index contributed by atoms with van der Waals surface area (Å²) < 4.78 is 5.06. The fourth-order valence-electron chi connectivity index (χ4n) is 2.96.